The molecular formula is C20H19BrN8O3. The Hall–Kier alpha value is -3.64. The number of hydrogen-bond donors (Lipinski definition) is 2. The maximum atomic E-state index is 10.9. The molecule has 164 valence electrons. The van der Waals surface area contributed by atoms with Crippen molar-refractivity contribution in [1.82, 2.24) is 15.0 Å². The van der Waals surface area contributed by atoms with E-state index in [1.165, 1.54) is 12.1 Å². The van der Waals surface area contributed by atoms with Gasteiger partial charge in [-0.1, -0.05) is 28.1 Å². The Morgan fingerprint density at radius 2 is 1.72 bits per heavy atom. The Bertz CT molecular complexity index is 1100. The smallest absolute Gasteiger partial charge is 0.269 e. The summed E-state index contributed by atoms with van der Waals surface area (Å²) in [4.78, 5) is 25.7. The minimum absolute atomic E-state index is 0.00448. The van der Waals surface area contributed by atoms with Crippen LogP contribution >= 0.6 is 15.9 Å². The molecule has 1 aromatic heterocycles. The average molecular weight is 499 g/mol. The predicted molar refractivity (Wildman–Crippen MR) is 125 cm³/mol. The summed E-state index contributed by atoms with van der Waals surface area (Å²) in [7, 11) is 0. The monoisotopic (exact) mass is 498 g/mol. The molecule has 11 nitrogen and oxygen atoms in total. The van der Waals surface area contributed by atoms with Crippen LogP contribution in [0.1, 0.15) is 5.56 Å². The van der Waals surface area contributed by atoms with Crippen LogP contribution in [0, 0.1) is 10.1 Å². The lowest BCUT2D eigenvalue weighted by atomic mass is 10.2. The van der Waals surface area contributed by atoms with Gasteiger partial charge in [0.2, 0.25) is 17.8 Å². The number of nitro groups is 1. The minimum Gasteiger partial charge on any atom is -0.378 e. The number of hydrogen-bond acceptors (Lipinski definition) is 10. The zero-order chi connectivity index (χ0) is 22.3. The van der Waals surface area contributed by atoms with Crippen LogP contribution in [0.2, 0.25) is 0 Å². The number of anilines is 4. The van der Waals surface area contributed by atoms with Gasteiger partial charge in [-0.2, -0.15) is 20.1 Å². The molecule has 12 heteroatoms. The van der Waals surface area contributed by atoms with Crippen LogP contribution in [0.4, 0.5) is 29.2 Å². The van der Waals surface area contributed by atoms with E-state index in [0.29, 0.717) is 37.9 Å². The quantitative estimate of drug-likeness (QED) is 0.285. The first-order valence-corrected chi connectivity index (χ1v) is 10.5. The van der Waals surface area contributed by atoms with E-state index < -0.39 is 4.92 Å². The number of aromatic nitrogens is 3. The number of morpholine rings is 1. The topological polar surface area (TPSA) is 131 Å². The lowest BCUT2D eigenvalue weighted by Crippen LogP contribution is -2.37. The molecule has 0 aliphatic carbocycles. The first-order valence-electron chi connectivity index (χ1n) is 9.72. The third-order valence-electron chi connectivity index (χ3n) is 4.50. The zero-order valence-electron chi connectivity index (χ0n) is 16.8. The van der Waals surface area contributed by atoms with Crippen LogP contribution in [-0.2, 0) is 4.74 Å². The number of benzene rings is 2. The van der Waals surface area contributed by atoms with Gasteiger partial charge in [-0.3, -0.25) is 10.1 Å². The molecule has 0 atom stereocenters. The SMILES string of the molecule is O=[N+]([O-])c1ccc(Nc2nc(N/N=C/c3ccc(Br)cc3)nc(N3CCOCC3)n2)cc1. The van der Waals surface area contributed by atoms with Crippen LogP contribution in [0.15, 0.2) is 58.1 Å². The van der Waals surface area contributed by atoms with Crippen LogP contribution in [-0.4, -0.2) is 52.4 Å². The van der Waals surface area contributed by atoms with Gasteiger partial charge in [0.1, 0.15) is 0 Å². The molecule has 2 heterocycles. The highest BCUT2D eigenvalue weighted by atomic mass is 79.9. The molecule has 0 amide bonds. The number of nitrogens with one attached hydrogen (secondary N) is 2. The van der Waals surface area contributed by atoms with Gasteiger partial charge in [-0.05, 0) is 29.8 Å². The molecule has 2 N–H and O–H groups in total. The van der Waals surface area contributed by atoms with E-state index in [1.54, 1.807) is 18.3 Å². The largest absolute Gasteiger partial charge is 0.378 e. The molecule has 0 unspecified atom stereocenters. The van der Waals surface area contributed by atoms with Gasteiger partial charge in [0.15, 0.2) is 0 Å². The summed E-state index contributed by atoms with van der Waals surface area (Å²) in [5, 5.41) is 18.1. The third-order valence-corrected chi connectivity index (χ3v) is 5.03. The number of rotatable bonds is 7. The maximum Gasteiger partial charge on any atom is 0.269 e. The van der Waals surface area contributed by atoms with Crippen molar-refractivity contribution in [2.45, 2.75) is 0 Å². The lowest BCUT2D eigenvalue weighted by Gasteiger charge is -2.27. The van der Waals surface area contributed by atoms with E-state index in [2.05, 4.69) is 46.7 Å². The van der Waals surface area contributed by atoms with Crippen LogP contribution in [0.25, 0.3) is 0 Å². The molecule has 1 fully saturated rings. The lowest BCUT2D eigenvalue weighted by molar-refractivity contribution is -0.384. The summed E-state index contributed by atoms with van der Waals surface area (Å²) in [6.45, 7) is 2.48. The summed E-state index contributed by atoms with van der Waals surface area (Å²) in [6, 6.07) is 13.7. The predicted octanol–water partition coefficient (Wildman–Crippen LogP) is 3.57. The number of ether oxygens (including phenoxy) is 1. The van der Waals surface area contributed by atoms with E-state index in [0.717, 1.165) is 10.0 Å². The van der Waals surface area contributed by atoms with Gasteiger partial charge in [0.05, 0.1) is 24.4 Å². The number of nitro benzene ring substituents is 1. The second-order valence-electron chi connectivity index (χ2n) is 6.73. The highest BCUT2D eigenvalue weighted by Crippen LogP contribution is 2.21. The summed E-state index contributed by atoms with van der Waals surface area (Å²) >= 11 is 3.40. The van der Waals surface area contributed by atoms with E-state index in [1.807, 2.05) is 29.2 Å². The van der Waals surface area contributed by atoms with Crippen molar-refractivity contribution in [2.24, 2.45) is 5.10 Å². The second-order valence-corrected chi connectivity index (χ2v) is 7.65. The van der Waals surface area contributed by atoms with Crippen molar-refractivity contribution in [3.05, 3.63) is 68.7 Å². The fourth-order valence-corrected chi connectivity index (χ4v) is 3.15. The van der Waals surface area contributed by atoms with E-state index in [9.17, 15) is 10.1 Å². The van der Waals surface area contributed by atoms with Crippen molar-refractivity contribution in [2.75, 3.05) is 41.9 Å². The molecule has 1 saturated heterocycles. The van der Waals surface area contributed by atoms with Crippen molar-refractivity contribution < 1.29 is 9.66 Å². The van der Waals surface area contributed by atoms with Gasteiger partial charge >= 0.3 is 0 Å². The van der Waals surface area contributed by atoms with Crippen LogP contribution in [0.3, 0.4) is 0 Å². The molecule has 3 aromatic rings. The fraction of sp³-hybridized carbons (Fsp3) is 0.200. The Labute approximate surface area is 191 Å². The van der Waals surface area contributed by atoms with Gasteiger partial charge in [-0.25, -0.2) is 5.43 Å². The van der Waals surface area contributed by atoms with Crippen molar-refractivity contribution in [1.29, 1.82) is 0 Å². The highest BCUT2D eigenvalue weighted by molar-refractivity contribution is 9.10. The molecule has 0 spiro atoms. The molecule has 1 aliphatic heterocycles. The van der Waals surface area contributed by atoms with Gasteiger partial charge in [-0.15, -0.1) is 0 Å². The number of hydrazone groups is 1. The number of nitrogens with zero attached hydrogens (tertiary/aromatic N) is 6. The molecule has 4 rings (SSSR count). The minimum atomic E-state index is -0.450. The van der Waals surface area contributed by atoms with Gasteiger partial charge in [0, 0.05) is 35.4 Å². The molecule has 32 heavy (non-hydrogen) atoms. The average Bonchev–Trinajstić information content (AvgIpc) is 2.81. The Morgan fingerprint density at radius 1 is 1.03 bits per heavy atom. The molecule has 0 bridgehead atoms. The third kappa shape index (κ3) is 5.74. The highest BCUT2D eigenvalue weighted by Gasteiger charge is 2.17. The van der Waals surface area contributed by atoms with Crippen molar-refractivity contribution >= 4 is 51.4 Å². The number of non-ortho nitro benzene ring substituents is 1. The Kier molecular flexibility index (Phi) is 6.82. The van der Waals surface area contributed by atoms with Crippen LogP contribution in [0.5, 0.6) is 0 Å². The standard InChI is InChI=1S/C20H19BrN8O3/c21-15-3-1-14(2-4-15)13-22-27-19-24-18(23-16-5-7-17(8-6-16)29(30)31)25-20(26-19)28-9-11-32-12-10-28/h1-8,13H,9-12H2,(H2,23,24,25,26,27)/b22-13+. The van der Waals surface area contributed by atoms with E-state index in [4.69, 9.17) is 4.74 Å². The summed E-state index contributed by atoms with van der Waals surface area (Å²) in [5.41, 5.74) is 4.37. The van der Waals surface area contributed by atoms with Gasteiger partial charge < -0.3 is 15.0 Å². The van der Waals surface area contributed by atoms with Gasteiger partial charge in [0.25, 0.3) is 5.69 Å². The van der Waals surface area contributed by atoms with E-state index in [-0.39, 0.29) is 17.6 Å². The Morgan fingerprint density at radius 3 is 2.41 bits per heavy atom. The fourth-order valence-electron chi connectivity index (χ4n) is 2.88. The first-order chi connectivity index (χ1) is 15.6. The zero-order valence-corrected chi connectivity index (χ0v) is 18.4. The Balaban J connectivity index is 1.55. The van der Waals surface area contributed by atoms with Crippen LogP contribution < -0.4 is 15.6 Å². The molecular weight excluding hydrogens is 480 g/mol. The first kappa shape index (κ1) is 21.6. The summed E-state index contributed by atoms with van der Waals surface area (Å²) in [5.74, 6) is 1.03. The number of halogens is 1. The maximum absolute atomic E-state index is 10.9. The normalized spacial score (nSPS) is 13.8. The molecule has 2 aromatic carbocycles. The summed E-state index contributed by atoms with van der Waals surface area (Å²) in [6.07, 6.45) is 1.66. The van der Waals surface area contributed by atoms with Crippen molar-refractivity contribution in [3.63, 3.8) is 0 Å². The second kappa shape index (κ2) is 10.1. The van der Waals surface area contributed by atoms with E-state index >= 15 is 0 Å². The van der Waals surface area contributed by atoms with Crippen molar-refractivity contribution in [3.8, 4) is 0 Å². The molecule has 0 saturated carbocycles. The summed E-state index contributed by atoms with van der Waals surface area (Å²) < 4.78 is 6.39. The molecule has 1 aliphatic rings. The molecule has 0 radical (unpaired) electrons.